The molecule has 1 saturated carbocycles. The summed E-state index contributed by atoms with van der Waals surface area (Å²) in [5, 5.41) is 2.64. The van der Waals surface area contributed by atoms with Crippen LogP contribution in [0, 0.1) is 5.92 Å². The molecule has 0 saturated heterocycles. The summed E-state index contributed by atoms with van der Waals surface area (Å²) in [5.74, 6) is 0.602. The number of nitrogens with one attached hydrogen (secondary N) is 1. The lowest BCUT2D eigenvalue weighted by Crippen LogP contribution is -2.30. The van der Waals surface area contributed by atoms with E-state index in [1.165, 1.54) is 39.0 Å². The second kappa shape index (κ2) is 5.78. The van der Waals surface area contributed by atoms with E-state index in [2.05, 4.69) is 5.32 Å². The molecule has 1 rings (SSSR count). The van der Waals surface area contributed by atoms with Gasteiger partial charge < -0.3 is 5.32 Å². The number of amides is 1. The van der Waals surface area contributed by atoms with Crippen molar-refractivity contribution in [3.05, 3.63) is 0 Å². The van der Waals surface area contributed by atoms with Gasteiger partial charge in [0.2, 0.25) is 5.91 Å². The van der Waals surface area contributed by atoms with Crippen LogP contribution in [0.15, 0.2) is 0 Å². The van der Waals surface area contributed by atoms with E-state index in [0.29, 0.717) is 12.3 Å². The number of rotatable bonds is 4. The minimum absolute atomic E-state index is 0.0157. The summed E-state index contributed by atoms with van der Waals surface area (Å²) in [6.07, 6.45) is 6.77. The van der Waals surface area contributed by atoms with Crippen LogP contribution >= 0.6 is 0 Å². The molecule has 1 fully saturated rings. The van der Waals surface area contributed by atoms with Crippen LogP contribution < -0.4 is 5.32 Å². The maximum absolute atomic E-state index is 11.4. The molecular formula is C11H19NO2. The fourth-order valence-corrected chi connectivity index (χ4v) is 1.95. The Bertz CT molecular complexity index is 207. The van der Waals surface area contributed by atoms with Crippen LogP contribution in [0.3, 0.4) is 0 Å². The van der Waals surface area contributed by atoms with E-state index in [9.17, 15) is 9.59 Å². The molecule has 14 heavy (non-hydrogen) atoms. The molecule has 1 aliphatic carbocycles. The summed E-state index contributed by atoms with van der Waals surface area (Å²) in [5.41, 5.74) is 0. The average Bonchev–Trinajstić information content (AvgIpc) is 2.16. The molecule has 1 N–H and O–H groups in total. The Labute approximate surface area is 85.3 Å². The molecular weight excluding hydrogens is 178 g/mol. The van der Waals surface area contributed by atoms with Gasteiger partial charge in [0.05, 0.1) is 6.54 Å². The molecule has 0 aromatic rings. The number of carbonyl (C=O) groups is 2. The fraction of sp³-hybridized carbons (Fsp3) is 0.818. The van der Waals surface area contributed by atoms with Gasteiger partial charge in [-0.3, -0.25) is 9.59 Å². The number of carbonyl (C=O) groups excluding carboxylic acids is 2. The largest absolute Gasteiger partial charge is 0.349 e. The highest BCUT2D eigenvalue weighted by Gasteiger charge is 2.16. The first-order chi connectivity index (χ1) is 6.68. The SMILES string of the molecule is CC(=O)CNC(=O)CC1CCCCC1. The van der Waals surface area contributed by atoms with Crippen molar-refractivity contribution >= 4 is 11.7 Å². The molecule has 0 bridgehead atoms. The van der Waals surface area contributed by atoms with Gasteiger partial charge in [0, 0.05) is 6.42 Å². The third kappa shape index (κ3) is 4.40. The fourth-order valence-electron chi connectivity index (χ4n) is 1.95. The molecule has 0 atom stereocenters. The Morgan fingerprint density at radius 2 is 1.86 bits per heavy atom. The third-order valence-electron chi connectivity index (χ3n) is 2.73. The highest BCUT2D eigenvalue weighted by molar-refractivity contribution is 5.84. The zero-order chi connectivity index (χ0) is 10.4. The first kappa shape index (κ1) is 11.2. The van der Waals surface area contributed by atoms with Crippen LogP contribution in [0.5, 0.6) is 0 Å². The Balaban J connectivity index is 2.15. The molecule has 80 valence electrons. The van der Waals surface area contributed by atoms with Gasteiger partial charge in [-0.05, 0) is 25.7 Å². The lowest BCUT2D eigenvalue weighted by Gasteiger charge is -2.20. The second-order valence-corrected chi connectivity index (χ2v) is 4.19. The van der Waals surface area contributed by atoms with Crippen molar-refractivity contribution in [3.8, 4) is 0 Å². The number of ketones is 1. The standard InChI is InChI=1S/C11H19NO2/c1-9(13)8-12-11(14)7-10-5-3-2-4-6-10/h10H,2-8H2,1H3,(H,12,14). The average molecular weight is 197 g/mol. The number of hydrogen-bond donors (Lipinski definition) is 1. The molecule has 3 nitrogen and oxygen atoms in total. The normalized spacial score (nSPS) is 17.8. The van der Waals surface area contributed by atoms with E-state index in [1.54, 1.807) is 0 Å². The molecule has 0 aliphatic heterocycles. The van der Waals surface area contributed by atoms with Gasteiger partial charge in [-0.15, -0.1) is 0 Å². The van der Waals surface area contributed by atoms with Crippen molar-refractivity contribution in [1.82, 2.24) is 5.32 Å². The van der Waals surface area contributed by atoms with Crippen molar-refractivity contribution in [2.45, 2.75) is 45.4 Å². The van der Waals surface area contributed by atoms with Gasteiger partial charge in [-0.25, -0.2) is 0 Å². The molecule has 0 radical (unpaired) electrons. The first-order valence-electron chi connectivity index (χ1n) is 5.44. The topological polar surface area (TPSA) is 46.2 Å². The Kier molecular flexibility index (Phi) is 4.63. The van der Waals surface area contributed by atoms with Gasteiger partial charge >= 0.3 is 0 Å². The van der Waals surface area contributed by atoms with Gasteiger partial charge in [-0.2, -0.15) is 0 Å². The van der Waals surface area contributed by atoms with E-state index in [1.807, 2.05) is 0 Å². The predicted molar refractivity (Wildman–Crippen MR) is 54.9 cm³/mol. The molecule has 3 heteroatoms. The maximum Gasteiger partial charge on any atom is 0.220 e. The summed E-state index contributed by atoms with van der Waals surface area (Å²) in [7, 11) is 0. The van der Waals surface area contributed by atoms with Crippen molar-refractivity contribution in [2.75, 3.05) is 6.54 Å². The van der Waals surface area contributed by atoms with Crippen LogP contribution in [0.1, 0.15) is 45.4 Å². The van der Waals surface area contributed by atoms with E-state index in [0.717, 1.165) is 0 Å². The zero-order valence-electron chi connectivity index (χ0n) is 8.84. The van der Waals surface area contributed by atoms with Gasteiger partial charge in [-0.1, -0.05) is 19.3 Å². The lowest BCUT2D eigenvalue weighted by molar-refractivity contribution is -0.125. The predicted octanol–water partition coefficient (Wildman–Crippen LogP) is 1.66. The smallest absolute Gasteiger partial charge is 0.220 e. The van der Waals surface area contributed by atoms with Crippen molar-refractivity contribution in [2.24, 2.45) is 5.92 Å². The van der Waals surface area contributed by atoms with E-state index in [-0.39, 0.29) is 18.2 Å². The van der Waals surface area contributed by atoms with Gasteiger partial charge in [0.15, 0.2) is 0 Å². The summed E-state index contributed by atoms with van der Waals surface area (Å²) in [4.78, 5) is 22.0. The van der Waals surface area contributed by atoms with Crippen LogP contribution in [-0.2, 0) is 9.59 Å². The second-order valence-electron chi connectivity index (χ2n) is 4.19. The molecule has 0 heterocycles. The molecule has 0 spiro atoms. The number of Topliss-reactive ketones (excluding diaryl/α,β-unsaturated/α-hetero) is 1. The summed E-state index contributed by atoms with van der Waals surface area (Å²) in [6, 6.07) is 0. The van der Waals surface area contributed by atoms with E-state index >= 15 is 0 Å². The Morgan fingerprint density at radius 1 is 1.21 bits per heavy atom. The highest BCUT2D eigenvalue weighted by Crippen LogP contribution is 2.25. The molecule has 0 unspecified atom stereocenters. The minimum atomic E-state index is 0.0157. The van der Waals surface area contributed by atoms with Gasteiger partial charge in [0.25, 0.3) is 0 Å². The van der Waals surface area contributed by atoms with E-state index in [4.69, 9.17) is 0 Å². The molecule has 1 amide bonds. The number of hydrogen-bond acceptors (Lipinski definition) is 2. The maximum atomic E-state index is 11.4. The van der Waals surface area contributed by atoms with Crippen molar-refractivity contribution < 1.29 is 9.59 Å². The Morgan fingerprint density at radius 3 is 2.43 bits per heavy atom. The first-order valence-corrected chi connectivity index (χ1v) is 5.44. The van der Waals surface area contributed by atoms with Crippen LogP contribution in [-0.4, -0.2) is 18.2 Å². The van der Waals surface area contributed by atoms with Crippen LogP contribution in [0.25, 0.3) is 0 Å². The summed E-state index contributed by atoms with van der Waals surface area (Å²) < 4.78 is 0. The van der Waals surface area contributed by atoms with Crippen LogP contribution in [0.4, 0.5) is 0 Å². The molecule has 0 aromatic carbocycles. The monoisotopic (exact) mass is 197 g/mol. The quantitative estimate of drug-likeness (QED) is 0.745. The van der Waals surface area contributed by atoms with E-state index < -0.39 is 0 Å². The van der Waals surface area contributed by atoms with Crippen molar-refractivity contribution in [3.63, 3.8) is 0 Å². The highest BCUT2D eigenvalue weighted by atomic mass is 16.2. The minimum Gasteiger partial charge on any atom is -0.349 e. The third-order valence-corrected chi connectivity index (χ3v) is 2.73. The molecule has 1 aliphatic rings. The van der Waals surface area contributed by atoms with Gasteiger partial charge in [0.1, 0.15) is 5.78 Å². The Hall–Kier alpha value is -0.860. The zero-order valence-corrected chi connectivity index (χ0v) is 8.84. The summed E-state index contributed by atoms with van der Waals surface area (Å²) >= 11 is 0. The molecule has 0 aromatic heterocycles. The lowest BCUT2D eigenvalue weighted by atomic mass is 9.87. The summed E-state index contributed by atoms with van der Waals surface area (Å²) in [6.45, 7) is 1.67. The van der Waals surface area contributed by atoms with Crippen LogP contribution in [0.2, 0.25) is 0 Å². The van der Waals surface area contributed by atoms with Crippen molar-refractivity contribution in [1.29, 1.82) is 0 Å².